The highest BCUT2D eigenvalue weighted by atomic mass is 79.9. The molecular weight excluding hydrogens is 334 g/mol. The summed E-state index contributed by atoms with van der Waals surface area (Å²) in [5.74, 6) is -1.15. The monoisotopic (exact) mass is 347 g/mol. The number of hydrogen-bond donors (Lipinski definition) is 1. The maximum Gasteiger partial charge on any atom is 0.305 e. The van der Waals surface area contributed by atoms with Gasteiger partial charge in [-0.15, -0.1) is 0 Å². The van der Waals surface area contributed by atoms with Crippen LogP contribution in [-0.2, 0) is 4.79 Å². The number of carboxylic acids is 1. The number of carbonyl (C=O) groups excluding carboxylic acids is 1. The van der Waals surface area contributed by atoms with E-state index < -0.39 is 5.97 Å². The molecule has 0 heterocycles. The van der Waals surface area contributed by atoms with Gasteiger partial charge in [0, 0.05) is 27.6 Å². The summed E-state index contributed by atoms with van der Waals surface area (Å²) >= 11 is 9.19. The van der Waals surface area contributed by atoms with Crippen molar-refractivity contribution in [3.05, 3.63) is 33.3 Å². The minimum atomic E-state index is -0.925. The van der Waals surface area contributed by atoms with Crippen molar-refractivity contribution in [3.63, 3.8) is 0 Å². The molecule has 0 saturated carbocycles. The average Bonchev–Trinajstić information content (AvgIpc) is 2.26. The highest BCUT2D eigenvalue weighted by Gasteiger charge is 2.20. The Morgan fingerprint density at radius 2 is 2.00 bits per heavy atom. The van der Waals surface area contributed by atoms with Crippen LogP contribution < -0.4 is 0 Å². The Morgan fingerprint density at radius 3 is 2.47 bits per heavy atom. The van der Waals surface area contributed by atoms with Crippen molar-refractivity contribution in [1.82, 2.24) is 4.90 Å². The van der Waals surface area contributed by atoms with E-state index in [2.05, 4.69) is 15.9 Å². The predicted molar refractivity (Wildman–Crippen MR) is 77.6 cm³/mol. The maximum atomic E-state index is 12.4. The topological polar surface area (TPSA) is 57.6 Å². The van der Waals surface area contributed by atoms with E-state index in [1.807, 2.05) is 13.8 Å². The first kappa shape index (κ1) is 16.0. The molecule has 4 nitrogen and oxygen atoms in total. The number of carbonyl (C=O) groups is 2. The summed E-state index contributed by atoms with van der Waals surface area (Å²) in [7, 11) is 0. The van der Waals surface area contributed by atoms with Crippen LogP contribution in [-0.4, -0.2) is 34.5 Å². The van der Waals surface area contributed by atoms with Gasteiger partial charge >= 0.3 is 5.97 Å². The van der Waals surface area contributed by atoms with Gasteiger partial charge in [-0.05, 0) is 32.0 Å². The molecule has 0 atom stereocenters. The first-order chi connectivity index (χ1) is 8.81. The van der Waals surface area contributed by atoms with Gasteiger partial charge < -0.3 is 10.0 Å². The van der Waals surface area contributed by atoms with Crippen LogP contribution in [0.2, 0.25) is 5.02 Å². The molecule has 0 saturated heterocycles. The first-order valence-corrected chi connectivity index (χ1v) is 6.97. The van der Waals surface area contributed by atoms with E-state index in [9.17, 15) is 9.59 Å². The fourth-order valence-corrected chi connectivity index (χ4v) is 2.51. The summed E-state index contributed by atoms with van der Waals surface area (Å²) in [6.07, 6.45) is -0.0777. The van der Waals surface area contributed by atoms with E-state index in [4.69, 9.17) is 16.7 Å². The molecule has 0 aliphatic carbocycles. The van der Waals surface area contributed by atoms with Crippen molar-refractivity contribution in [2.24, 2.45) is 0 Å². The van der Waals surface area contributed by atoms with Gasteiger partial charge in [0.2, 0.25) is 0 Å². The number of aliphatic carboxylic acids is 1. The third kappa shape index (κ3) is 4.84. The molecule has 1 rings (SSSR count). The van der Waals surface area contributed by atoms with Crippen LogP contribution in [0.1, 0.15) is 30.6 Å². The van der Waals surface area contributed by atoms with E-state index in [1.54, 1.807) is 18.2 Å². The fourth-order valence-electron chi connectivity index (χ4n) is 1.65. The third-order valence-corrected chi connectivity index (χ3v) is 3.24. The summed E-state index contributed by atoms with van der Waals surface area (Å²) in [5, 5.41) is 9.18. The van der Waals surface area contributed by atoms with Gasteiger partial charge in [0.1, 0.15) is 0 Å². The Labute approximate surface area is 125 Å². The molecule has 0 fully saturated rings. The molecule has 1 amide bonds. The van der Waals surface area contributed by atoms with Crippen LogP contribution >= 0.6 is 27.5 Å². The van der Waals surface area contributed by atoms with Crippen molar-refractivity contribution in [1.29, 1.82) is 0 Å². The summed E-state index contributed by atoms with van der Waals surface area (Å²) < 4.78 is 0.713. The Hall–Kier alpha value is -1.07. The maximum absolute atomic E-state index is 12.4. The quantitative estimate of drug-likeness (QED) is 0.887. The lowest BCUT2D eigenvalue weighted by atomic mass is 10.1. The molecule has 0 aliphatic rings. The summed E-state index contributed by atoms with van der Waals surface area (Å²) in [6.45, 7) is 3.87. The zero-order valence-electron chi connectivity index (χ0n) is 10.7. The molecule has 1 N–H and O–H groups in total. The average molecular weight is 349 g/mol. The molecule has 0 aromatic heterocycles. The third-order valence-electron chi connectivity index (χ3n) is 2.56. The second-order valence-corrected chi connectivity index (χ2v) is 5.75. The van der Waals surface area contributed by atoms with E-state index in [0.29, 0.717) is 15.1 Å². The standard InChI is InChI=1S/C13H15BrClNO3/c1-8(2)16(4-3-12(17)18)13(19)9-5-10(14)7-11(15)6-9/h5-8H,3-4H2,1-2H3,(H,17,18). The largest absolute Gasteiger partial charge is 0.481 e. The van der Waals surface area contributed by atoms with E-state index >= 15 is 0 Å². The number of hydrogen-bond acceptors (Lipinski definition) is 2. The number of nitrogens with zero attached hydrogens (tertiary/aromatic N) is 1. The normalized spacial score (nSPS) is 10.6. The Bertz CT molecular complexity index is 471. The highest BCUT2D eigenvalue weighted by Crippen LogP contribution is 2.21. The second kappa shape index (κ2) is 6.91. The fraction of sp³-hybridized carbons (Fsp3) is 0.385. The van der Waals surface area contributed by atoms with Gasteiger partial charge in [-0.1, -0.05) is 27.5 Å². The Balaban J connectivity index is 2.95. The van der Waals surface area contributed by atoms with Crippen LogP contribution in [0.5, 0.6) is 0 Å². The van der Waals surface area contributed by atoms with Crippen LogP contribution in [0.3, 0.4) is 0 Å². The number of benzene rings is 1. The summed E-state index contributed by atoms with van der Waals surface area (Å²) in [5.41, 5.74) is 0.443. The molecule has 1 aromatic rings. The lowest BCUT2D eigenvalue weighted by molar-refractivity contribution is -0.137. The molecule has 19 heavy (non-hydrogen) atoms. The van der Waals surface area contributed by atoms with E-state index in [1.165, 1.54) is 4.90 Å². The van der Waals surface area contributed by atoms with Gasteiger partial charge in [0.15, 0.2) is 0 Å². The molecule has 1 aromatic carbocycles. The zero-order chi connectivity index (χ0) is 14.6. The molecule has 0 radical (unpaired) electrons. The van der Waals surface area contributed by atoms with E-state index in [-0.39, 0.29) is 24.9 Å². The molecule has 104 valence electrons. The SMILES string of the molecule is CC(C)N(CCC(=O)O)C(=O)c1cc(Cl)cc(Br)c1. The smallest absolute Gasteiger partial charge is 0.305 e. The lowest BCUT2D eigenvalue weighted by Crippen LogP contribution is -2.38. The van der Waals surface area contributed by atoms with Crippen molar-refractivity contribution in [3.8, 4) is 0 Å². The summed E-state index contributed by atoms with van der Waals surface area (Å²) in [6, 6.07) is 4.86. The molecule has 0 aliphatic heterocycles. The Kier molecular flexibility index (Phi) is 5.82. The molecule has 0 spiro atoms. The molecule has 0 unspecified atom stereocenters. The highest BCUT2D eigenvalue weighted by molar-refractivity contribution is 9.10. The Morgan fingerprint density at radius 1 is 1.37 bits per heavy atom. The van der Waals surface area contributed by atoms with Gasteiger partial charge in [0.05, 0.1) is 6.42 Å². The van der Waals surface area contributed by atoms with Crippen molar-refractivity contribution in [2.45, 2.75) is 26.3 Å². The van der Waals surface area contributed by atoms with Gasteiger partial charge in [-0.2, -0.15) is 0 Å². The van der Waals surface area contributed by atoms with Crippen LogP contribution in [0.25, 0.3) is 0 Å². The molecule has 6 heteroatoms. The minimum absolute atomic E-state index is 0.0777. The van der Waals surface area contributed by atoms with Gasteiger partial charge in [0.25, 0.3) is 5.91 Å². The second-order valence-electron chi connectivity index (χ2n) is 4.39. The van der Waals surface area contributed by atoms with Gasteiger partial charge in [-0.25, -0.2) is 0 Å². The van der Waals surface area contributed by atoms with Crippen LogP contribution in [0.15, 0.2) is 22.7 Å². The van der Waals surface area contributed by atoms with E-state index in [0.717, 1.165) is 0 Å². The number of halogens is 2. The zero-order valence-corrected chi connectivity index (χ0v) is 13.0. The number of carboxylic acid groups (broad SMARTS) is 1. The number of rotatable bonds is 5. The van der Waals surface area contributed by atoms with Gasteiger partial charge in [-0.3, -0.25) is 9.59 Å². The van der Waals surface area contributed by atoms with Crippen molar-refractivity contribution < 1.29 is 14.7 Å². The first-order valence-electron chi connectivity index (χ1n) is 5.80. The van der Waals surface area contributed by atoms with Crippen LogP contribution in [0, 0.1) is 0 Å². The van der Waals surface area contributed by atoms with Crippen LogP contribution in [0.4, 0.5) is 0 Å². The molecular formula is C13H15BrClNO3. The van der Waals surface area contributed by atoms with Crippen molar-refractivity contribution in [2.75, 3.05) is 6.54 Å². The summed E-state index contributed by atoms with van der Waals surface area (Å²) in [4.78, 5) is 24.5. The minimum Gasteiger partial charge on any atom is -0.481 e. The van der Waals surface area contributed by atoms with Crippen molar-refractivity contribution >= 4 is 39.4 Å². The lowest BCUT2D eigenvalue weighted by Gasteiger charge is -2.26. The predicted octanol–water partition coefficient (Wildman–Crippen LogP) is 3.43. The molecule has 0 bridgehead atoms. The number of amides is 1.